The first-order chi connectivity index (χ1) is 8.95. The van der Waals surface area contributed by atoms with E-state index in [-0.39, 0.29) is 11.9 Å². The molecule has 0 heterocycles. The van der Waals surface area contributed by atoms with Gasteiger partial charge in [-0.05, 0) is 51.9 Å². The van der Waals surface area contributed by atoms with E-state index in [1.54, 1.807) is 0 Å². The summed E-state index contributed by atoms with van der Waals surface area (Å²) in [5.41, 5.74) is 1.39. The molecule has 0 aliphatic carbocycles. The molecule has 0 aromatic heterocycles. The van der Waals surface area contributed by atoms with Crippen molar-refractivity contribution < 1.29 is 9.53 Å². The number of ether oxygens (including phenoxy) is 1. The molecule has 19 heavy (non-hydrogen) atoms. The van der Waals surface area contributed by atoms with Crippen LogP contribution in [0.25, 0.3) is 0 Å². The zero-order chi connectivity index (χ0) is 14.7. The minimum absolute atomic E-state index is 0.101. The predicted molar refractivity (Wildman–Crippen MR) is 82.0 cm³/mol. The second-order valence-corrected chi connectivity index (χ2v) is 5.61. The van der Waals surface area contributed by atoms with Crippen LogP contribution in [0.3, 0.4) is 0 Å². The highest BCUT2D eigenvalue weighted by molar-refractivity contribution is 5.69. The zero-order valence-electron chi connectivity index (χ0n) is 13.2. The van der Waals surface area contributed by atoms with E-state index >= 15 is 0 Å². The SMILES string of the molecule is CCOC(=O)C[C@@H](C)/C=C/C[C@H](C)CCC=C(C)C. The van der Waals surface area contributed by atoms with Gasteiger partial charge in [0.2, 0.25) is 0 Å². The molecule has 0 rings (SSSR count). The quantitative estimate of drug-likeness (QED) is 0.438. The van der Waals surface area contributed by atoms with Crippen LogP contribution in [-0.2, 0) is 9.53 Å². The van der Waals surface area contributed by atoms with Crippen molar-refractivity contribution in [2.24, 2.45) is 11.8 Å². The van der Waals surface area contributed by atoms with Gasteiger partial charge in [0.15, 0.2) is 0 Å². The highest BCUT2D eigenvalue weighted by atomic mass is 16.5. The number of carbonyl (C=O) groups is 1. The minimum Gasteiger partial charge on any atom is -0.466 e. The summed E-state index contributed by atoms with van der Waals surface area (Å²) >= 11 is 0. The standard InChI is InChI=1S/C17H30O2/c1-6-19-17(18)13-16(5)12-8-11-15(4)10-7-9-14(2)3/h8-9,12,15-16H,6-7,10-11,13H2,1-5H3/b12-8+/t15-,16+/m1/s1. The normalized spacial score (nSPS) is 14.2. The first kappa shape index (κ1) is 17.9. The lowest BCUT2D eigenvalue weighted by Gasteiger charge is -2.08. The lowest BCUT2D eigenvalue weighted by Crippen LogP contribution is -2.07. The Hall–Kier alpha value is -1.05. The third kappa shape index (κ3) is 11.8. The van der Waals surface area contributed by atoms with Crippen LogP contribution in [0.15, 0.2) is 23.8 Å². The van der Waals surface area contributed by atoms with Gasteiger partial charge in [0.1, 0.15) is 0 Å². The fraction of sp³-hybridized carbons (Fsp3) is 0.706. The molecule has 0 fully saturated rings. The molecule has 2 atom stereocenters. The first-order valence-corrected chi connectivity index (χ1v) is 7.41. The van der Waals surface area contributed by atoms with Crippen LogP contribution in [0.5, 0.6) is 0 Å². The molecule has 0 saturated carbocycles. The minimum atomic E-state index is -0.101. The third-order valence-electron chi connectivity index (χ3n) is 3.01. The third-order valence-corrected chi connectivity index (χ3v) is 3.01. The number of allylic oxidation sites excluding steroid dienone is 4. The number of esters is 1. The van der Waals surface area contributed by atoms with Gasteiger partial charge in [0.05, 0.1) is 13.0 Å². The molecule has 0 aliphatic rings. The Bertz CT molecular complexity index is 298. The van der Waals surface area contributed by atoms with Crippen LogP contribution < -0.4 is 0 Å². The second-order valence-electron chi connectivity index (χ2n) is 5.61. The average molecular weight is 266 g/mol. The fourth-order valence-corrected chi connectivity index (χ4v) is 1.87. The lowest BCUT2D eigenvalue weighted by atomic mass is 9.99. The van der Waals surface area contributed by atoms with E-state index in [9.17, 15) is 4.79 Å². The highest BCUT2D eigenvalue weighted by Crippen LogP contribution is 2.14. The van der Waals surface area contributed by atoms with Crippen LogP contribution in [0, 0.1) is 11.8 Å². The van der Waals surface area contributed by atoms with Crippen LogP contribution in [-0.4, -0.2) is 12.6 Å². The van der Waals surface area contributed by atoms with Gasteiger partial charge in [-0.1, -0.05) is 37.6 Å². The van der Waals surface area contributed by atoms with Gasteiger partial charge in [-0.3, -0.25) is 4.79 Å². The van der Waals surface area contributed by atoms with E-state index in [0.29, 0.717) is 18.9 Å². The molecule has 0 saturated heterocycles. The summed E-state index contributed by atoms with van der Waals surface area (Å²) in [6.45, 7) is 10.9. The molecule has 2 heteroatoms. The molecule has 0 aromatic carbocycles. The summed E-state index contributed by atoms with van der Waals surface area (Å²) in [5, 5.41) is 0. The van der Waals surface area contributed by atoms with Gasteiger partial charge in [-0.15, -0.1) is 0 Å². The summed E-state index contributed by atoms with van der Waals surface area (Å²) < 4.78 is 4.94. The Kier molecular flexibility index (Phi) is 10.2. The number of rotatable bonds is 9. The van der Waals surface area contributed by atoms with Crippen molar-refractivity contribution in [1.82, 2.24) is 0 Å². The van der Waals surface area contributed by atoms with E-state index in [0.717, 1.165) is 12.8 Å². The monoisotopic (exact) mass is 266 g/mol. The van der Waals surface area contributed by atoms with Crippen molar-refractivity contribution in [2.45, 2.75) is 60.3 Å². The number of hydrogen-bond acceptors (Lipinski definition) is 2. The summed E-state index contributed by atoms with van der Waals surface area (Å²) in [4.78, 5) is 11.3. The van der Waals surface area contributed by atoms with E-state index < -0.39 is 0 Å². The summed E-state index contributed by atoms with van der Waals surface area (Å²) in [6, 6.07) is 0. The van der Waals surface area contributed by atoms with Crippen molar-refractivity contribution in [3.63, 3.8) is 0 Å². The molecule has 0 aliphatic heterocycles. The Morgan fingerprint density at radius 2 is 1.95 bits per heavy atom. The molecule has 0 amide bonds. The van der Waals surface area contributed by atoms with Crippen molar-refractivity contribution in [2.75, 3.05) is 6.61 Å². The van der Waals surface area contributed by atoms with E-state index in [1.165, 1.54) is 12.0 Å². The molecule has 0 N–H and O–H groups in total. The second kappa shape index (κ2) is 10.8. The van der Waals surface area contributed by atoms with Crippen molar-refractivity contribution in [1.29, 1.82) is 0 Å². The molecule has 0 bridgehead atoms. The maximum absolute atomic E-state index is 11.3. The first-order valence-electron chi connectivity index (χ1n) is 7.41. The Labute approximate surface area is 118 Å². The van der Waals surface area contributed by atoms with Gasteiger partial charge >= 0.3 is 5.97 Å². The molecule has 0 radical (unpaired) electrons. The molecular formula is C17H30O2. The van der Waals surface area contributed by atoms with Crippen LogP contribution in [0.2, 0.25) is 0 Å². The molecule has 110 valence electrons. The molecular weight excluding hydrogens is 236 g/mol. The molecule has 0 aromatic rings. The largest absolute Gasteiger partial charge is 0.466 e. The lowest BCUT2D eigenvalue weighted by molar-refractivity contribution is -0.143. The van der Waals surface area contributed by atoms with Crippen LogP contribution in [0.1, 0.15) is 60.3 Å². The Balaban J connectivity index is 3.81. The van der Waals surface area contributed by atoms with E-state index in [4.69, 9.17) is 4.74 Å². The topological polar surface area (TPSA) is 26.3 Å². The summed E-state index contributed by atoms with van der Waals surface area (Å²) in [7, 11) is 0. The Morgan fingerprint density at radius 1 is 1.26 bits per heavy atom. The van der Waals surface area contributed by atoms with Crippen molar-refractivity contribution in [3.8, 4) is 0 Å². The maximum Gasteiger partial charge on any atom is 0.306 e. The fourth-order valence-electron chi connectivity index (χ4n) is 1.87. The van der Waals surface area contributed by atoms with Gasteiger partial charge in [0, 0.05) is 0 Å². The Morgan fingerprint density at radius 3 is 2.53 bits per heavy atom. The molecule has 0 unspecified atom stereocenters. The average Bonchev–Trinajstić information content (AvgIpc) is 2.28. The van der Waals surface area contributed by atoms with Crippen molar-refractivity contribution in [3.05, 3.63) is 23.8 Å². The molecule has 0 spiro atoms. The smallest absolute Gasteiger partial charge is 0.306 e. The van der Waals surface area contributed by atoms with Crippen LogP contribution >= 0.6 is 0 Å². The van der Waals surface area contributed by atoms with Gasteiger partial charge < -0.3 is 4.74 Å². The summed E-state index contributed by atoms with van der Waals surface area (Å²) in [6.07, 6.45) is 10.6. The van der Waals surface area contributed by atoms with E-state index in [2.05, 4.69) is 45.9 Å². The predicted octanol–water partition coefficient (Wildman–Crippen LogP) is 4.90. The van der Waals surface area contributed by atoms with Crippen molar-refractivity contribution >= 4 is 5.97 Å². The summed E-state index contributed by atoms with van der Waals surface area (Å²) in [5.74, 6) is 0.863. The number of carbonyl (C=O) groups excluding carboxylic acids is 1. The maximum atomic E-state index is 11.3. The molecule has 2 nitrogen and oxygen atoms in total. The van der Waals surface area contributed by atoms with Gasteiger partial charge in [-0.25, -0.2) is 0 Å². The highest BCUT2D eigenvalue weighted by Gasteiger charge is 2.06. The van der Waals surface area contributed by atoms with Crippen LogP contribution in [0.4, 0.5) is 0 Å². The zero-order valence-corrected chi connectivity index (χ0v) is 13.2. The van der Waals surface area contributed by atoms with Gasteiger partial charge in [0.25, 0.3) is 0 Å². The van der Waals surface area contributed by atoms with E-state index in [1.807, 2.05) is 6.92 Å². The number of hydrogen-bond donors (Lipinski definition) is 0. The van der Waals surface area contributed by atoms with Gasteiger partial charge in [-0.2, -0.15) is 0 Å².